The van der Waals surface area contributed by atoms with Crippen LogP contribution < -0.4 is 0 Å². The lowest BCUT2D eigenvalue weighted by Crippen LogP contribution is -1.83. The third-order valence-electron chi connectivity index (χ3n) is 7.81. The van der Waals surface area contributed by atoms with Gasteiger partial charge < -0.3 is 0 Å². The normalized spacial score (nSPS) is 12.3. The first-order chi connectivity index (χ1) is 19.2. The van der Waals surface area contributed by atoms with Gasteiger partial charge in [0.05, 0.1) is 9.40 Å². The molecule has 0 saturated heterocycles. The summed E-state index contributed by atoms with van der Waals surface area (Å²) in [6, 6.07) is 21.2. The lowest BCUT2D eigenvalue weighted by molar-refractivity contribution is 0.576. The number of benzene rings is 3. The average molecular weight is 587 g/mol. The maximum absolute atomic E-state index is 13.4. The number of fused-ring (bicyclic) bond motifs is 7. The number of thiophene rings is 4. The molecule has 5 heteroatoms. The standard InChI is InChI=1S/C34H31FS4/c1-2-3-4-5-6-7-8-9-10-25-15-22-16-26-31(19-29(22)36-25)38-34-27-17-23-18-28(21-11-13-24(35)14-12-21)37-30(23)20-32(27)39-33(26)34/h11-20H,2-10H2,1H3. The summed E-state index contributed by atoms with van der Waals surface area (Å²) < 4.78 is 21.7. The first kappa shape index (κ1) is 25.6. The van der Waals surface area contributed by atoms with Gasteiger partial charge in [0.15, 0.2) is 0 Å². The number of rotatable bonds is 10. The number of halogens is 1. The molecule has 39 heavy (non-hydrogen) atoms. The molecule has 0 N–H and O–H groups in total. The Morgan fingerprint density at radius 2 is 1.15 bits per heavy atom. The zero-order valence-electron chi connectivity index (χ0n) is 22.1. The molecule has 0 fully saturated rings. The number of hydrogen-bond acceptors (Lipinski definition) is 4. The predicted octanol–water partition coefficient (Wildman–Crippen LogP) is 13.2. The van der Waals surface area contributed by atoms with Crippen LogP contribution in [0.1, 0.15) is 63.2 Å². The van der Waals surface area contributed by atoms with Crippen LogP contribution in [0.2, 0.25) is 0 Å². The average Bonchev–Trinajstić information content (AvgIpc) is 3.69. The summed E-state index contributed by atoms with van der Waals surface area (Å²) in [5.41, 5.74) is 1.08. The first-order valence-electron chi connectivity index (χ1n) is 14.2. The van der Waals surface area contributed by atoms with Crippen molar-refractivity contribution in [3.63, 3.8) is 0 Å². The summed E-state index contributed by atoms with van der Waals surface area (Å²) in [7, 11) is 0. The molecular formula is C34H31FS4. The highest BCUT2D eigenvalue weighted by molar-refractivity contribution is 7.37. The van der Waals surface area contributed by atoms with Gasteiger partial charge in [-0.2, -0.15) is 0 Å². The minimum atomic E-state index is -0.188. The van der Waals surface area contributed by atoms with Gasteiger partial charge in [-0.05, 0) is 77.7 Å². The second kappa shape index (κ2) is 10.9. The first-order valence-corrected chi connectivity index (χ1v) is 17.4. The lowest BCUT2D eigenvalue weighted by Gasteiger charge is -2.00. The van der Waals surface area contributed by atoms with E-state index in [1.807, 2.05) is 46.1 Å². The lowest BCUT2D eigenvalue weighted by atomic mass is 10.1. The van der Waals surface area contributed by atoms with E-state index in [9.17, 15) is 4.39 Å². The Labute approximate surface area is 244 Å². The molecule has 0 aliphatic heterocycles. The molecule has 0 spiro atoms. The Hall–Kier alpha value is -2.31. The van der Waals surface area contributed by atoms with E-state index in [2.05, 4.69) is 43.3 Å². The van der Waals surface area contributed by atoms with Crippen molar-refractivity contribution in [3.05, 3.63) is 71.4 Å². The van der Waals surface area contributed by atoms with Gasteiger partial charge >= 0.3 is 0 Å². The monoisotopic (exact) mass is 586 g/mol. The SMILES string of the molecule is CCCCCCCCCCc1cc2cc3c(cc2s1)sc1c2cc4cc(-c5ccc(F)cc5)sc4cc2sc31. The molecule has 198 valence electrons. The molecule has 0 aliphatic carbocycles. The van der Waals surface area contributed by atoms with Gasteiger partial charge in [0.2, 0.25) is 0 Å². The molecule has 0 bridgehead atoms. The van der Waals surface area contributed by atoms with E-state index >= 15 is 0 Å². The van der Waals surface area contributed by atoms with Crippen molar-refractivity contribution in [1.82, 2.24) is 0 Å². The fourth-order valence-corrected chi connectivity index (χ4v) is 10.7. The van der Waals surface area contributed by atoms with Crippen molar-refractivity contribution in [2.75, 3.05) is 0 Å². The smallest absolute Gasteiger partial charge is 0.123 e. The summed E-state index contributed by atoms with van der Waals surface area (Å²) in [4.78, 5) is 2.73. The second-order valence-corrected chi connectivity index (χ2v) is 15.0. The highest BCUT2D eigenvalue weighted by Crippen LogP contribution is 2.48. The Bertz CT molecular complexity index is 1910. The van der Waals surface area contributed by atoms with Crippen molar-refractivity contribution in [2.45, 2.75) is 64.7 Å². The maximum Gasteiger partial charge on any atom is 0.123 e. The molecule has 0 aliphatic rings. The minimum absolute atomic E-state index is 0.188. The molecule has 0 atom stereocenters. The van der Waals surface area contributed by atoms with Gasteiger partial charge in [-0.1, -0.05) is 64.0 Å². The van der Waals surface area contributed by atoms with Crippen molar-refractivity contribution in [3.8, 4) is 10.4 Å². The fraction of sp³-hybridized carbons (Fsp3) is 0.294. The molecule has 0 amide bonds. The molecular weight excluding hydrogens is 556 g/mol. The molecule has 4 aromatic heterocycles. The minimum Gasteiger partial charge on any atom is -0.207 e. The summed E-state index contributed by atoms with van der Waals surface area (Å²) >= 11 is 7.67. The number of hydrogen-bond donors (Lipinski definition) is 0. The molecule has 7 aromatic rings. The van der Waals surface area contributed by atoms with Crippen molar-refractivity contribution < 1.29 is 4.39 Å². The van der Waals surface area contributed by atoms with Crippen LogP contribution in [0, 0.1) is 5.82 Å². The predicted molar refractivity (Wildman–Crippen MR) is 177 cm³/mol. The molecule has 7 rings (SSSR count). The summed E-state index contributed by atoms with van der Waals surface area (Å²) in [6.45, 7) is 2.29. The quantitative estimate of drug-likeness (QED) is 0.140. The summed E-state index contributed by atoms with van der Waals surface area (Å²) in [5.74, 6) is -0.188. The van der Waals surface area contributed by atoms with Crippen LogP contribution in [0.15, 0.2) is 60.7 Å². The Morgan fingerprint density at radius 1 is 0.564 bits per heavy atom. The second-order valence-electron chi connectivity index (χ2n) is 10.7. The van der Waals surface area contributed by atoms with Crippen LogP contribution in [-0.2, 0) is 6.42 Å². The van der Waals surface area contributed by atoms with E-state index in [0.29, 0.717) is 0 Å². The van der Waals surface area contributed by atoms with E-state index in [-0.39, 0.29) is 5.82 Å². The number of unbranched alkanes of at least 4 members (excludes halogenated alkanes) is 7. The molecule has 3 aromatic carbocycles. The van der Waals surface area contributed by atoms with Crippen LogP contribution in [0.25, 0.3) is 60.2 Å². The Morgan fingerprint density at radius 3 is 1.82 bits per heavy atom. The molecule has 0 radical (unpaired) electrons. The Kier molecular flexibility index (Phi) is 7.19. The third kappa shape index (κ3) is 5.04. The van der Waals surface area contributed by atoms with Crippen LogP contribution in [0.4, 0.5) is 4.39 Å². The zero-order chi connectivity index (χ0) is 26.3. The topological polar surface area (TPSA) is 0 Å². The van der Waals surface area contributed by atoms with E-state index in [1.54, 1.807) is 28.3 Å². The molecule has 0 unspecified atom stereocenters. The molecule has 0 saturated carbocycles. The van der Waals surface area contributed by atoms with E-state index in [1.165, 1.54) is 112 Å². The van der Waals surface area contributed by atoms with Gasteiger partial charge in [0.1, 0.15) is 5.82 Å². The fourth-order valence-electron chi connectivity index (χ4n) is 5.70. The van der Waals surface area contributed by atoms with E-state index < -0.39 is 0 Å². The van der Waals surface area contributed by atoms with Crippen LogP contribution >= 0.6 is 45.3 Å². The summed E-state index contributed by atoms with van der Waals surface area (Å²) in [5, 5.41) is 5.46. The van der Waals surface area contributed by atoms with E-state index in [0.717, 1.165) is 5.56 Å². The van der Waals surface area contributed by atoms with Crippen molar-refractivity contribution in [2.24, 2.45) is 0 Å². The van der Waals surface area contributed by atoms with Gasteiger partial charge in [-0.25, -0.2) is 4.39 Å². The van der Waals surface area contributed by atoms with Crippen LogP contribution in [0.3, 0.4) is 0 Å². The molecule has 4 heterocycles. The van der Waals surface area contributed by atoms with Crippen LogP contribution in [-0.4, -0.2) is 0 Å². The highest BCUT2D eigenvalue weighted by Gasteiger charge is 2.16. The maximum atomic E-state index is 13.4. The van der Waals surface area contributed by atoms with Gasteiger partial charge in [-0.3, -0.25) is 0 Å². The van der Waals surface area contributed by atoms with Crippen LogP contribution in [0.5, 0.6) is 0 Å². The zero-order valence-corrected chi connectivity index (χ0v) is 25.4. The Balaban J connectivity index is 1.14. The van der Waals surface area contributed by atoms with Crippen molar-refractivity contribution in [1.29, 1.82) is 0 Å². The van der Waals surface area contributed by atoms with E-state index in [4.69, 9.17) is 0 Å². The van der Waals surface area contributed by atoms with Gasteiger partial charge in [0, 0.05) is 39.3 Å². The highest BCUT2D eigenvalue weighted by atomic mass is 32.1. The largest absolute Gasteiger partial charge is 0.207 e. The molecule has 0 nitrogen and oxygen atoms in total. The van der Waals surface area contributed by atoms with Gasteiger partial charge in [-0.15, -0.1) is 45.3 Å². The van der Waals surface area contributed by atoms with Crippen molar-refractivity contribution >= 4 is 95.1 Å². The third-order valence-corrected chi connectivity index (χ3v) is 12.6. The van der Waals surface area contributed by atoms with Gasteiger partial charge in [0.25, 0.3) is 0 Å². The summed E-state index contributed by atoms with van der Waals surface area (Å²) in [6.07, 6.45) is 12.2. The number of aryl methyl sites for hydroxylation is 1.